The van der Waals surface area contributed by atoms with Crippen LogP contribution in [0.4, 0.5) is 11.4 Å². The van der Waals surface area contributed by atoms with Gasteiger partial charge in [-0.1, -0.05) is 6.92 Å². The summed E-state index contributed by atoms with van der Waals surface area (Å²) < 4.78 is 0. The maximum absolute atomic E-state index is 11.4. The van der Waals surface area contributed by atoms with Crippen molar-refractivity contribution in [2.75, 3.05) is 10.6 Å². The van der Waals surface area contributed by atoms with E-state index in [1.165, 1.54) is 0 Å². The van der Waals surface area contributed by atoms with Gasteiger partial charge in [0.05, 0.1) is 6.42 Å². The Balaban J connectivity index is 2.47. The lowest BCUT2D eigenvalue weighted by molar-refractivity contribution is -0.138. The van der Waals surface area contributed by atoms with E-state index < -0.39 is 5.97 Å². The van der Waals surface area contributed by atoms with E-state index in [-0.39, 0.29) is 24.7 Å². The lowest BCUT2D eigenvalue weighted by Gasteiger charge is -2.07. The van der Waals surface area contributed by atoms with Gasteiger partial charge >= 0.3 is 5.97 Å². The van der Waals surface area contributed by atoms with Crippen LogP contribution in [0, 0.1) is 0 Å². The van der Waals surface area contributed by atoms with Gasteiger partial charge in [0.25, 0.3) is 0 Å². The van der Waals surface area contributed by atoms with Crippen LogP contribution in [0.5, 0.6) is 0 Å². The fourth-order valence-corrected chi connectivity index (χ4v) is 1.53. The Bertz CT molecular complexity index is 482. The summed E-state index contributed by atoms with van der Waals surface area (Å²) in [6.07, 6.45) is 0.985. The summed E-state index contributed by atoms with van der Waals surface area (Å²) in [5, 5.41) is 13.8. The van der Waals surface area contributed by atoms with E-state index >= 15 is 0 Å². The summed E-state index contributed by atoms with van der Waals surface area (Å²) in [4.78, 5) is 33.1. The fourth-order valence-electron chi connectivity index (χ4n) is 1.53. The van der Waals surface area contributed by atoms with Gasteiger partial charge < -0.3 is 15.7 Å². The molecule has 2 amide bonds. The third-order valence-electron chi connectivity index (χ3n) is 2.50. The molecular formula is C14H18N2O4. The number of hydrogen-bond acceptors (Lipinski definition) is 3. The molecule has 6 heteroatoms. The topological polar surface area (TPSA) is 95.5 Å². The third-order valence-corrected chi connectivity index (χ3v) is 2.50. The number of carbonyl (C=O) groups excluding carboxylic acids is 2. The van der Waals surface area contributed by atoms with Gasteiger partial charge in [-0.05, 0) is 30.7 Å². The molecule has 0 spiro atoms. The van der Waals surface area contributed by atoms with Crippen molar-refractivity contribution in [3.8, 4) is 0 Å². The van der Waals surface area contributed by atoms with Crippen molar-refractivity contribution in [1.82, 2.24) is 0 Å². The molecule has 0 fully saturated rings. The molecule has 0 radical (unpaired) electrons. The lowest BCUT2D eigenvalue weighted by Crippen LogP contribution is -2.13. The molecule has 1 aromatic carbocycles. The Kier molecular flexibility index (Phi) is 6.22. The predicted octanol–water partition coefficient (Wildman–Crippen LogP) is 2.23. The number of benzene rings is 1. The number of aliphatic carboxylic acids is 1. The van der Waals surface area contributed by atoms with Crippen molar-refractivity contribution in [3.05, 3.63) is 24.3 Å². The minimum absolute atomic E-state index is 0.0502. The van der Waals surface area contributed by atoms with Crippen LogP contribution in [-0.4, -0.2) is 22.9 Å². The van der Waals surface area contributed by atoms with Crippen molar-refractivity contribution in [1.29, 1.82) is 0 Å². The highest BCUT2D eigenvalue weighted by atomic mass is 16.4. The van der Waals surface area contributed by atoms with Crippen molar-refractivity contribution in [2.45, 2.75) is 32.6 Å². The number of hydrogen-bond donors (Lipinski definition) is 3. The maximum atomic E-state index is 11.4. The molecule has 0 bridgehead atoms. The molecule has 0 unspecified atom stereocenters. The standard InChI is InChI=1S/C14H18N2O4/c1-2-3-12(17)15-10-4-6-11(7-5-10)16-13(18)8-9-14(19)20/h4-7H,2-3,8-9H2,1H3,(H,15,17)(H,16,18)(H,19,20). The molecule has 3 N–H and O–H groups in total. The molecule has 1 rings (SSSR count). The van der Waals surface area contributed by atoms with Gasteiger partial charge in [0, 0.05) is 24.2 Å². The van der Waals surface area contributed by atoms with Gasteiger partial charge in [0.15, 0.2) is 0 Å². The molecule has 6 nitrogen and oxygen atoms in total. The highest BCUT2D eigenvalue weighted by molar-refractivity contribution is 5.93. The first-order valence-electron chi connectivity index (χ1n) is 6.43. The first-order chi connectivity index (χ1) is 9.51. The second kappa shape index (κ2) is 7.93. The SMILES string of the molecule is CCCC(=O)Nc1ccc(NC(=O)CCC(=O)O)cc1. The number of amides is 2. The van der Waals surface area contributed by atoms with E-state index in [4.69, 9.17) is 5.11 Å². The second-order valence-corrected chi connectivity index (χ2v) is 4.32. The Hall–Kier alpha value is -2.37. The fraction of sp³-hybridized carbons (Fsp3) is 0.357. The van der Waals surface area contributed by atoms with Gasteiger partial charge in [0.1, 0.15) is 0 Å². The third kappa shape index (κ3) is 5.99. The maximum Gasteiger partial charge on any atom is 0.303 e. The number of carbonyl (C=O) groups is 3. The first kappa shape index (κ1) is 15.7. The number of nitrogens with one attached hydrogen (secondary N) is 2. The number of anilines is 2. The average Bonchev–Trinajstić information content (AvgIpc) is 2.39. The molecule has 0 aliphatic heterocycles. The summed E-state index contributed by atoms with van der Waals surface area (Å²) in [6.45, 7) is 1.93. The number of carboxylic acid groups (broad SMARTS) is 1. The molecule has 0 aliphatic carbocycles. The van der Waals surface area contributed by atoms with Gasteiger partial charge in [-0.25, -0.2) is 0 Å². The Morgan fingerprint density at radius 1 is 0.900 bits per heavy atom. The quantitative estimate of drug-likeness (QED) is 0.712. The Morgan fingerprint density at radius 3 is 1.75 bits per heavy atom. The summed E-state index contributed by atoms with van der Waals surface area (Å²) in [5.41, 5.74) is 1.22. The van der Waals surface area contributed by atoms with E-state index in [1.54, 1.807) is 24.3 Å². The molecule has 0 aliphatic rings. The molecule has 20 heavy (non-hydrogen) atoms. The number of carboxylic acids is 1. The molecule has 1 aromatic rings. The average molecular weight is 278 g/mol. The smallest absolute Gasteiger partial charge is 0.303 e. The molecular weight excluding hydrogens is 260 g/mol. The minimum Gasteiger partial charge on any atom is -0.481 e. The zero-order valence-electron chi connectivity index (χ0n) is 11.3. The van der Waals surface area contributed by atoms with Crippen molar-refractivity contribution < 1.29 is 19.5 Å². The van der Waals surface area contributed by atoms with Gasteiger partial charge in [-0.15, -0.1) is 0 Å². The van der Waals surface area contributed by atoms with Crippen LogP contribution in [0.3, 0.4) is 0 Å². The zero-order chi connectivity index (χ0) is 15.0. The van der Waals surface area contributed by atoms with Crippen molar-refractivity contribution in [2.24, 2.45) is 0 Å². The van der Waals surface area contributed by atoms with E-state index in [1.807, 2.05) is 6.92 Å². The normalized spacial score (nSPS) is 9.85. The van der Waals surface area contributed by atoms with Crippen molar-refractivity contribution >= 4 is 29.2 Å². The van der Waals surface area contributed by atoms with Crippen molar-refractivity contribution in [3.63, 3.8) is 0 Å². The molecule has 108 valence electrons. The summed E-state index contributed by atoms with van der Waals surface area (Å²) in [7, 11) is 0. The number of rotatable bonds is 7. The van der Waals surface area contributed by atoms with Crippen LogP contribution < -0.4 is 10.6 Å². The highest BCUT2D eigenvalue weighted by Gasteiger charge is 2.06. The summed E-state index contributed by atoms with van der Waals surface area (Å²) in [5.74, 6) is -1.41. The molecule has 0 aromatic heterocycles. The first-order valence-corrected chi connectivity index (χ1v) is 6.43. The van der Waals surface area contributed by atoms with E-state index in [0.29, 0.717) is 17.8 Å². The van der Waals surface area contributed by atoms with Gasteiger partial charge in [-0.2, -0.15) is 0 Å². The van der Waals surface area contributed by atoms with Crippen LogP contribution in [0.25, 0.3) is 0 Å². The molecule has 0 atom stereocenters. The molecule has 0 heterocycles. The molecule has 0 saturated heterocycles. The van der Waals surface area contributed by atoms with E-state index in [0.717, 1.165) is 6.42 Å². The second-order valence-electron chi connectivity index (χ2n) is 4.32. The Labute approximate surface area is 117 Å². The van der Waals surface area contributed by atoms with Crippen LogP contribution in [0.2, 0.25) is 0 Å². The zero-order valence-corrected chi connectivity index (χ0v) is 11.3. The van der Waals surface area contributed by atoms with E-state index in [9.17, 15) is 14.4 Å². The highest BCUT2D eigenvalue weighted by Crippen LogP contribution is 2.14. The lowest BCUT2D eigenvalue weighted by atomic mass is 10.2. The molecule has 0 saturated carbocycles. The van der Waals surface area contributed by atoms with E-state index in [2.05, 4.69) is 10.6 Å². The van der Waals surface area contributed by atoms with Crippen LogP contribution in [-0.2, 0) is 14.4 Å². The van der Waals surface area contributed by atoms with Gasteiger partial charge in [0.2, 0.25) is 11.8 Å². The van der Waals surface area contributed by atoms with Crippen LogP contribution in [0.15, 0.2) is 24.3 Å². The summed E-state index contributed by atoms with van der Waals surface area (Å²) in [6, 6.07) is 6.67. The Morgan fingerprint density at radius 2 is 1.35 bits per heavy atom. The largest absolute Gasteiger partial charge is 0.481 e. The van der Waals surface area contributed by atoms with Crippen LogP contribution in [0.1, 0.15) is 32.6 Å². The monoisotopic (exact) mass is 278 g/mol. The van der Waals surface area contributed by atoms with Crippen LogP contribution >= 0.6 is 0 Å². The minimum atomic E-state index is -1.01. The summed E-state index contributed by atoms with van der Waals surface area (Å²) >= 11 is 0. The predicted molar refractivity (Wildman–Crippen MR) is 75.5 cm³/mol. The van der Waals surface area contributed by atoms with Gasteiger partial charge in [-0.3, -0.25) is 14.4 Å².